The third-order valence-electron chi connectivity index (χ3n) is 4.29. The van der Waals surface area contributed by atoms with Gasteiger partial charge in [0.1, 0.15) is 5.82 Å². The molecule has 0 bridgehead atoms. The topological polar surface area (TPSA) is 66.6 Å². The maximum Gasteiger partial charge on any atom is 0.236 e. The van der Waals surface area contributed by atoms with Crippen LogP contribution >= 0.6 is 12.4 Å². The Morgan fingerprint density at radius 2 is 1.96 bits per heavy atom. The van der Waals surface area contributed by atoms with Gasteiger partial charge in [-0.25, -0.2) is 4.39 Å². The van der Waals surface area contributed by atoms with Crippen molar-refractivity contribution in [3.05, 3.63) is 35.6 Å². The Hall–Kier alpha value is -1.66. The zero-order chi connectivity index (χ0) is 17.0. The SMILES string of the molecule is CC(C)C1CN(C(=O)CN)CCC(=O)N1Cc1ccc(F)cc1.Cl. The molecule has 1 aliphatic heterocycles. The second kappa shape index (κ2) is 8.99. The van der Waals surface area contributed by atoms with Crippen molar-refractivity contribution in [2.45, 2.75) is 32.9 Å². The van der Waals surface area contributed by atoms with Crippen molar-refractivity contribution in [2.75, 3.05) is 19.6 Å². The summed E-state index contributed by atoms with van der Waals surface area (Å²) >= 11 is 0. The summed E-state index contributed by atoms with van der Waals surface area (Å²) in [6.45, 7) is 5.33. The van der Waals surface area contributed by atoms with Gasteiger partial charge in [0.2, 0.25) is 11.8 Å². The molecule has 1 unspecified atom stereocenters. The molecular formula is C17H25ClFN3O2. The van der Waals surface area contributed by atoms with Crippen LogP contribution in [0.5, 0.6) is 0 Å². The van der Waals surface area contributed by atoms with E-state index in [1.165, 1.54) is 12.1 Å². The lowest BCUT2D eigenvalue weighted by molar-refractivity contribution is -0.134. The van der Waals surface area contributed by atoms with Crippen molar-refractivity contribution in [2.24, 2.45) is 11.7 Å². The number of halogens is 2. The molecule has 0 saturated carbocycles. The van der Waals surface area contributed by atoms with Gasteiger partial charge in [-0.1, -0.05) is 26.0 Å². The number of nitrogens with zero attached hydrogens (tertiary/aromatic N) is 2. The minimum atomic E-state index is -0.295. The van der Waals surface area contributed by atoms with Gasteiger partial charge in [0, 0.05) is 26.1 Å². The highest BCUT2D eigenvalue weighted by Crippen LogP contribution is 2.21. The van der Waals surface area contributed by atoms with Gasteiger partial charge in [-0.2, -0.15) is 0 Å². The molecule has 7 heteroatoms. The highest BCUT2D eigenvalue weighted by atomic mass is 35.5. The molecule has 0 spiro atoms. The molecule has 1 atom stereocenters. The first-order chi connectivity index (χ1) is 10.9. The number of nitrogens with two attached hydrogens (primary N) is 1. The Morgan fingerprint density at radius 3 is 2.50 bits per heavy atom. The van der Waals surface area contributed by atoms with Gasteiger partial charge in [0.15, 0.2) is 0 Å². The summed E-state index contributed by atoms with van der Waals surface area (Å²) in [5, 5.41) is 0. The molecule has 5 nitrogen and oxygen atoms in total. The lowest BCUT2D eigenvalue weighted by atomic mass is 10.0. The molecule has 1 aromatic rings. The molecule has 1 saturated heterocycles. The molecular weight excluding hydrogens is 333 g/mol. The minimum Gasteiger partial charge on any atom is -0.339 e. The average Bonchev–Trinajstić information content (AvgIpc) is 2.69. The zero-order valence-corrected chi connectivity index (χ0v) is 14.9. The first-order valence-electron chi connectivity index (χ1n) is 7.94. The predicted molar refractivity (Wildman–Crippen MR) is 93.1 cm³/mol. The Balaban J connectivity index is 0.00000288. The van der Waals surface area contributed by atoms with E-state index in [-0.39, 0.29) is 55.0 Å². The van der Waals surface area contributed by atoms with Gasteiger partial charge in [-0.05, 0) is 23.6 Å². The summed E-state index contributed by atoms with van der Waals surface area (Å²) in [5.74, 6) is -0.214. The number of benzene rings is 1. The molecule has 24 heavy (non-hydrogen) atoms. The maximum atomic E-state index is 13.1. The van der Waals surface area contributed by atoms with Gasteiger partial charge in [-0.15, -0.1) is 12.4 Å². The van der Waals surface area contributed by atoms with Crippen LogP contribution in [0.25, 0.3) is 0 Å². The van der Waals surface area contributed by atoms with E-state index in [0.29, 0.717) is 19.6 Å². The van der Waals surface area contributed by atoms with E-state index in [1.807, 2.05) is 18.7 Å². The number of amides is 2. The molecule has 2 amide bonds. The molecule has 0 aliphatic carbocycles. The van der Waals surface area contributed by atoms with E-state index in [4.69, 9.17) is 5.73 Å². The summed E-state index contributed by atoms with van der Waals surface area (Å²) in [4.78, 5) is 27.9. The minimum absolute atomic E-state index is 0. The Bertz CT molecular complexity index is 565. The molecule has 0 radical (unpaired) electrons. The lowest BCUT2D eigenvalue weighted by Crippen LogP contribution is -2.47. The molecule has 2 rings (SSSR count). The normalized spacial score (nSPS) is 18.4. The second-order valence-electron chi connectivity index (χ2n) is 6.25. The first kappa shape index (κ1) is 20.4. The molecule has 1 aliphatic rings. The fourth-order valence-electron chi connectivity index (χ4n) is 2.89. The number of hydrogen-bond donors (Lipinski definition) is 1. The monoisotopic (exact) mass is 357 g/mol. The summed E-state index contributed by atoms with van der Waals surface area (Å²) in [6, 6.07) is 6.09. The quantitative estimate of drug-likeness (QED) is 0.893. The van der Waals surface area contributed by atoms with Crippen molar-refractivity contribution < 1.29 is 14.0 Å². The van der Waals surface area contributed by atoms with Crippen LogP contribution in [0.2, 0.25) is 0 Å². The Labute approximate surface area is 148 Å². The summed E-state index contributed by atoms with van der Waals surface area (Å²) in [5.41, 5.74) is 6.34. The number of carbonyl (C=O) groups excluding carboxylic acids is 2. The van der Waals surface area contributed by atoms with Crippen molar-refractivity contribution in [1.82, 2.24) is 9.80 Å². The standard InChI is InChI=1S/C17H24FN3O2.ClH/c1-12(2)15-11-20(17(23)9-19)8-7-16(22)21(15)10-13-3-5-14(18)6-4-13;/h3-6,12,15H,7-11,19H2,1-2H3;1H. The summed E-state index contributed by atoms with van der Waals surface area (Å²) in [7, 11) is 0. The zero-order valence-electron chi connectivity index (χ0n) is 14.1. The van der Waals surface area contributed by atoms with E-state index in [1.54, 1.807) is 17.0 Å². The van der Waals surface area contributed by atoms with E-state index >= 15 is 0 Å². The van der Waals surface area contributed by atoms with Crippen LogP contribution in [0.3, 0.4) is 0 Å². The van der Waals surface area contributed by atoms with Crippen molar-refractivity contribution >= 4 is 24.2 Å². The van der Waals surface area contributed by atoms with Crippen molar-refractivity contribution in [3.63, 3.8) is 0 Å². The number of carbonyl (C=O) groups is 2. The Morgan fingerprint density at radius 1 is 1.33 bits per heavy atom. The predicted octanol–water partition coefficient (Wildman–Crippen LogP) is 1.79. The van der Waals surface area contributed by atoms with Crippen LogP contribution in [0.15, 0.2) is 24.3 Å². The third-order valence-corrected chi connectivity index (χ3v) is 4.29. The number of rotatable bonds is 4. The Kier molecular flexibility index (Phi) is 7.63. The fraction of sp³-hybridized carbons (Fsp3) is 0.529. The van der Waals surface area contributed by atoms with Gasteiger partial charge in [-0.3, -0.25) is 9.59 Å². The molecule has 2 N–H and O–H groups in total. The van der Waals surface area contributed by atoms with Crippen molar-refractivity contribution in [1.29, 1.82) is 0 Å². The highest BCUT2D eigenvalue weighted by molar-refractivity contribution is 5.85. The van der Waals surface area contributed by atoms with Crippen LogP contribution in [0, 0.1) is 11.7 Å². The van der Waals surface area contributed by atoms with Crippen LogP contribution in [-0.2, 0) is 16.1 Å². The van der Waals surface area contributed by atoms with Gasteiger partial charge >= 0.3 is 0 Å². The van der Waals surface area contributed by atoms with Crippen molar-refractivity contribution in [3.8, 4) is 0 Å². The first-order valence-corrected chi connectivity index (χ1v) is 7.94. The molecule has 1 aromatic carbocycles. The maximum absolute atomic E-state index is 13.1. The molecule has 1 fully saturated rings. The largest absolute Gasteiger partial charge is 0.339 e. The van der Waals surface area contributed by atoms with Crippen LogP contribution in [0.1, 0.15) is 25.8 Å². The average molecular weight is 358 g/mol. The van der Waals surface area contributed by atoms with Gasteiger partial charge in [0.25, 0.3) is 0 Å². The number of hydrogen-bond acceptors (Lipinski definition) is 3. The third kappa shape index (κ3) is 4.92. The molecule has 0 aromatic heterocycles. The smallest absolute Gasteiger partial charge is 0.236 e. The van der Waals surface area contributed by atoms with Crippen LogP contribution in [-0.4, -0.2) is 47.3 Å². The lowest BCUT2D eigenvalue weighted by Gasteiger charge is -2.34. The van der Waals surface area contributed by atoms with E-state index in [2.05, 4.69) is 0 Å². The fourth-order valence-corrected chi connectivity index (χ4v) is 2.89. The second-order valence-corrected chi connectivity index (χ2v) is 6.25. The van der Waals surface area contributed by atoms with Gasteiger partial charge in [0.05, 0.1) is 12.6 Å². The van der Waals surface area contributed by atoms with Gasteiger partial charge < -0.3 is 15.5 Å². The summed E-state index contributed by atoms with van der Waals surface area (Å²) < 4.78 is 13.1. The summed E-state index contributed by atoms with van der Waals surface area (Å²) in [6.07, 6.45) is 0.288. The van der Waals surface area contributed by atoms with Crippen LogP contribution < -0.4 is 5.73 Å². The molecule has 1 heterocycles. The molecule has 134 valence electrons. The van der Waals surface area contributed by atoms with E-state index in [9.17, 15) is 14.0 Å². The van der Waals surface area contributed by atoms with E-state index in [0.717, 1.165) is 5.56 Å². The van der Waals surface area contributed by atoms with Crippen LogP contribution in [0.4, 0.5) is 4.39 Å². The highest BCUT2D eigenvalue weighted by Gasteiger charge is 2.32. The van der Waals surface area contributed by atoms with E-state index < -0.39 is 0 Å².